The summed E-state index contributed by atoms with van der Waals surface area (Å²) in [5.74, 6) is 2.81. The highest BCUT2D eigenvalue weighted by atomic mass is 16.5. The fraction of sp³-hybridized carbons (Fsp3) is 0.333. The lowest BCUT2D eigenvalue weighted by Crippen LogP contribution is -2.32. The quantitative estimate of drug-likeness (QED) is 0.850. The summed E-state index contributed by atoms with van der Waals surface area (Å²) in [6.45, 7) is 2.22. The Bertz CT molecular complexity index is 681. The molecule has 0 atom stereocenters. The Morgan fingerprint density at radius 3 is 2.64 bits per heavy atom. The van der Waals surface area contributed by atoms with E-state index < -0.39 is 0 Å². The molecule has 2 aliphatic rings. The van der Waals surface area contributed by atoms with E-state index in [-0.39, 0.29) is 0 Å². The molecule has 0 bridgehead atoms. The number of fused-ring (bicyclic) bond motifs is 2. The second kappa shape index (κ2) is 5.44. The van der Waals surface area contributed by atoms with Crippen LogP contribution in [-0.2, 0) is 13.0 Å². The molecule has 0 N–H and O–H groups in total. The minimum Gasteiger partial charge on any atom is -0.497 e. The number of hydrogen-bond acceptors (Lipinski definition) is 4. The Morgan fingerprint density at radius 1 is 1.00 bits per heavy atom. The molecule has 114 valence electrons. The standard InChI is InChI=1S/C18H19NO3/c1-20-16-6-4-15(5-7-16)19-11-14-9-13-3-2-8-21-17(13)10-18(14)22-12-19/h4-7,9-10H,2-3,8,11-12H2,1H3. The largest absolute Gasteiger partial charge is 0.497 e. The summed E-state index contributed by atoms with van der Waals surface area (Å²) in [7, 11) is 1.68. The first-order valence-corrected chi connectivity index (χ1v) is 7.64. The SMILES string of the molecule is COc1ccc(N2COc3cc4c(cc3C2)CCCO4)cc1. The predicted octanol–water partition coefficient (Wildman–Crippen LogP) is 3.38. The Morgan fingerprint density at radius 2 is 1.82 bits per heavy atom. The van der Waals surface area contributed by atoms with Gasteiger partial charge in [0.25, 0.3) is 0 Å². The zero-order valence-electron chi connectivity index (χ0n) is 12.7. The van der Waals surface area contributed by atoms with Gasteiger partial charge in [-0.15, -0.1) is 0 Å². The summed E-state index contributed by atoms with van der Waals surface area (Å²) in [5, 5.41) is 0. The highest BCUT2D eigenvalue weighted by Gasteiger charge is 2.21. The van der Waals surface area contributed by atoms with E-state index in [0.717, 1.165) is 48.9 Å². The smallest absolute Gasteiger partial charge is 0.161 e. The lowest BCUT2D eigenvalue weighted by Gasteiger charge is -2.32. The average Bonchev–Trinajstić information content (AvgIpc) is 2.59. The first-order chi connectivity index (χ1) is 10.8. The second-order valence-electron chi connectivity index (χ2n) is 5.69. The van der Waals surface area contributed by atoms with Crippen molar-refractivity contribution >= 4 is 5.69 Å². The van der Waals surface area contributed by atoms with E-state index in [0.29, 0.717) is 6.73 Å². The fourth-order valence-electron chi connectivity index (χ4n) is 3.05. The molecule has 4 rings (SSSR count). The van der Waals surface area contributed by atoms with Crippen LogP contribution in [0.1, 0.15) is 17.5 Å². The van der Waals surface area contributed by atoms with Crippen molar-refractivity contribution in [3.05, 3.63) is 47.5 Å². The fourth-order valence-corrected chi connectivity index (χ4v) is 3.05. The molecule has 0 saturated carbocycles. The molecule has 22 heavy (non-hydrogen) atoms. The molecule has 0 amide bonds. The van der Waals surface area contributed by atoms with Crippen molar-refractivity contribution in [2.45, 2.75) is 19.4 Å². The first-order valence-electron chi connectivity index (χ1n) is 7.64. The van der Waals surface area contributed by atoms with Crippen LogP contribution in [0.25, 0.3) is 0 Å². The highest BCUT2D eigenvalue weighted by Crippen LogP contribution is 2.36. The van der Waals surface area contributed by atoms with Crippen LogP contribution in [0.5, 0.6) is 17.2 Å². The van der Waals surface area contributed by atoms with Gasteiger partial charge in [0.1, 0.15) is 17.2 Å². The predicted molar refractivity (Wildman–Crippen MR) is 84.9 cm³/mol. The Balaban J connectivity index is 1.60. The molecule has 4 nitrogen and oxygen atoms in total. The van der Waals surface area contributed by atoms with Gasteiger partial charge in [-0.25, -0.2) is 0 Å². The highest BCUT2D eigenvalue weighted by molar-refractivity contribution is 5.54. The maximum Gasteiger partial charge on any atom is 0.161 e. The van der Waals surface area contributed by atoms with E-state index in [1.165, 1.54) is 11.1 Å². The van der Waals surface area contributed by atoms with Gasteiger partial charge in [0.05, 0.1) is 13.7 Å². The van der Waals surface area contributed by atoms with Crippen molar-refractivity contribution in [1.29, 1.82) is 0 Å². The van der Waals surface area contributed by atoms with Crippen LogP contribution >= 0.6 is 0 Å². The van der Waals surface area contributed by atoms with Crippen LogP contribution in [0.2, 0.25) is 0 Å². The molecule has 0 spiro atoms. The van der Waals surface area contributed by atoms with Crippen LogP contribution in [0.15, 0.2) is 36.4 Å². The van der Waals surface area contributed by atoms with Crippen LogP contribution in [0, 0.1) is 0 Å². The van der Waals surface area contributed by atoms with E-state index in [2.05, 4.69) is 29.2 Å². The van der Waals surface area contributed by atoms with Crippen molar-refractivity contribution in [1.82, 2.24) is 0 Å². The zero-order chi connectivity index (χ0) is 14.9. The van der Waals surface area contributed by atoms with Gasteiger partial charge in [0.15, 0.2) is 6.73 Å². The molecular formula is C18H19NO3. The van der Waals surface area contributed by atoms with Crippen molar-refractivity contribution in [3.8, 4) is 17.2 Å². The molecule has 0 aromatic heterocycles. The third-order valence-corrected chi connectivity index (χ3v) is 4.27. The monoisotopic (exact) mass is 297 g/mol. The number of benzene rings is 2. The van der Waals surface area contributed by atoms with Crippen molar-refractivity contribution < 1.29 is 14.2 Å². The van der Waals surface area contributed by atoms with Crippen molar-refractivity contribution in [2.75, 3.05) is 25.3 Å². The Kier molecular flexibility index (Phi) is 3.29. The second-order valence-corrected chi connectivity index (χ2v) is 5.69. The minimum absolute atomic E-state index is 0.554. The third-order valence-electron chi connectivity index (χ3n) is 4.27. The summed E-state index contributed by atoms with van der Waals surface area (Å²) in [4.78, 5) is 2.22. The Hall–Kier alpha value is -2.36. The number of nitrogens with zero attached hydrogens (tertiary/aromatic N) is 1. The van der Waals surface area contributed by atoms with Crippen LogP contribution in [0.4, 0.5) is 5.69 Å². The van der Waals surface area contributed by atoms with Crippen molar-refractivity contribution in [3.63, 3.8) is 0 Å². The third kappa shape index (κ3) is 2.34. The first kappa shape index (κ1) is 13.3. The van der Waals surface area contributed by atoms with E-state index in [9.17, 15) is 0 Å². The topological polar surface area (TPSA) is 30.9 Å². The van der Waals surface area contributed by atoms with Crippen molar-refractivity contribution in [2.24, 2.45) is 0 Å². The van der Waals surface area contributed by atoms with Gasteiger partial charge in [0, 0.05) is 23.9 Å². The van der Waals surface area contributed by atoms with Crippen LogP contribution in [0.3, 0.4) is 0 Å². The minimum atomic E-state index is 0.554. The maximum atomic E-state index is 5.93. The lowest BCUT2D eigenvalue weighted by atomic mass is 10.0. The molecule has 2 aromatic carbocycles. The maximum absolute atomic E-state index is 5.93. The number of aryl methyl sites for hydroxylation is 1. The lowest BCUT2D eigenvalue weighted by molar-refractivity contribution is 0.270. The molecule has 2 aliphatic heterocycles. The van der Waals surface area contributed by atoms with E-state index in [1.807, 2.05) is 12.1 Å². The van der Waals surface area contributed by atoms with Gasteiger partial charge in [-0.2, -0.15) is 0 Å². The summed E-state index contributed by atoms with van der Waals surface area (Å²) >= 11 is 0. The molecule has 0 saturated heterocycles. The Labute approximate surface area is 130 Å². The van der Waals surface area contributed by atoms with Crippen LogP contribution in [-0.4, -0.2) is 20.4 Å². The number of methoxy groups -OCH3 is 1. The molecule has 2 heterocycles. The van der Waals surface area contributed by atoms with E-state index in [4.69, 9.17) is 14.2 Å². The molecule has 2 aromatic rings. The summed E-state index contributed by atoms with van der Waals surface area (Å²) in [5.41, 5.74) is 3.66. The normalized spacial score (nSPS) is 16.1. The average molecular weight is 297 g/mol. The number of hydrogen-bond donors (Lipinski definition) is 0. The van der Waals surface area contributed by atoms with Crippen LogP contribution < -0.4 is 19.1 Å². The van der Waals surface area contributed by atoms with E-state index in [1.54, 1.807) is 7.11 Å². The molecule has 4 heteroatoms. The van der Waals surface area contributed by atoms with E-state index >= 15 is 0 Å². The van der Waals surface area contributed by atoms with Gasteiger partial charge in [-0.05, 0) is 48.7 Å². The van der Waals surface area contributed by atoms with Gasteiger partial charge in [-0.1, -0.05) is 0 Å². The summed E-state index contributed by atoms with van der Waals surface area (Å²) in [6, 6.07) is 12.4. The molecule has 0 radical (unpaired) electrons. The zero-order valence-corrected chi connectivity index (χ0v) is 12.7. The molecule has 0 aliphatic carbocycles. The molecule has 0 fully saturated rings. The number of rotatable bonds is 2. The van der Waals surface area contributed by atoms with Gasteiger partial charge in [0.2, 0.25) is 0 Å². The number of anilines is 1. The number of ether oxygens (including phenoxy) is 3. The van der Waals surface area contributed by atoms with Gasteiger partial charge < -0.3 is 19.1 Å². The molecular weight excluding hydrogens is 278 g/mol. The summed E-state index contributed by atoms with van der Waals surface area (Å²) in [6.07, 6.45) is 2.18. The van der Waals surface area contributed by atoms with Gasteiger partial charge in [-0.3, -0.25) is 0 Å². The van der Waals surface area contributed by atoms with Gasteiger partial charge >= 0.3 is 0 Å². The summed E-state index contributed by atoms with van der Waals surface area (Å²) < 4.78 is 16.9. The molecule has 0 unspecified atom stereocenters.